The van der Waals surface area contributed by atoms with Crippen molar-refractivity contribution < 1.29 is 9.45 Å². The second kappa shape index (κ2) is 5.61. The SMILES string of the molecule is Cc1ccc([N+](=O)[O-])cc1-c1noc([C@H]2CCCCN2)n1. The lowest BCUT2D eigenvalue weighted by Gasteiger charge is -2.19. The minimum absolute atomic E-state index is 0.0257. The first-order valence-corrected chi connectivity index (χ1v) is 6.97. The van der Waals surface area contributed by atoms with Crippen LogP contribution in [0.2, 0.25) is 0 Å². The monoisotopic (exact) mass is 288 g/mol. The number of nitro groups is 1. The molecule has 7 heteroatoms. The van der Waals surface area contributed by atoms with E-state index in [-0.39, 0.29) is 11.7 Å². The Bertz CT molecular complexity index is 662. The third-order valence-corrected chi connectivity index (χ3v) is 3.72. The van der Waals surface area contributed by atoms with Gasteiger partial charge in [0.25, 0.3) is 5.69 Å². The van der Waals surface area contributed by atoms with Crippen molar-refractivity contribution in [1.29, 1.82) is 0 Å². The number of benzene rings is 1. The molecule has 1 aromatic carbocycles. The Hall–Kier alpha value is -2.28. The average Bonchev–Trinajstić information content (AvgIpc) is 2.98. The van der Waals surface area contributed by atoms with Crippen LogP contribution in [0, 0.1) is 17.0 Å². The van der Waals surface area contributed by atoms with Gasteiger partial charge >= 0.3 is 0 Å². The number of piperidine rings is 1. The summed E-state index contributed by atoms with van der Waals surface area (Å²) >= 11 is 0. The third kappa shape index (κ3) is 2.78. The predicted octanol–water partition coefficient (Wildman–Crippen LogP) is 2.77. The van der Waals surface area contributed by atoms with E-state index in [2.05, 4.69) is 15.5 Å². The van der Waals surface area contributed by atoms with Crippen molar-refractivity contribution in [3.05, 3.63) is 39.8 Å². The zero-order chi connectivity index (χ0) is 14.8. The Morgan fingerprint density at radius 1 is 1.43 bits per heavy atom. The maximum absolute atomic E-state index is 10.9. The maximum Gasteiger partial charge on any atom is 0.270 e. The topological polar surface area (TPSA) is 94.1 Å². The largest absolute Gasteiger partial charge is 0.337 e. The lowest BCUT2D eigenvalue weighted by molar-refractivity contribution is -0.384. The lowest BCUT2D eigenvalue weighted by atomic mass is 10.0. The highest BCUT2D eigenvalue weighted by Gasteiger charge is 2.22. The molecule has 0 bridgehead atoms. The zero-order valence-corrected chi connectivity index (χ0v) is 11.7. The summed E-state index contributed by atoms with van der Waals surface area (Å²) in [6.07, 6.45) is 3.25. The molecular formula is C14H16N4O3. The Balaban J connectivity index is 1.92. The molecule has 0 radical (unpaired) electrons. The molecule has 7 nitrogen and oxygen atoms in total. The van der Waals surface area contributed by atoms with Crippen LogP contribution < -0.4 is 5.32 Å². The molecule has 1 N–H and O–H groups in total. The van der Waals surface area contributed by atoms with Crippen LogP contribution in [0.1, 0.15) is 36.8 Å². The number of rotatable bonds is 3. The van der Waals surface area contributed by atoms with E-state index in [1.165, 1.54) is 12.1 Å². The number of nitrogens with one attached hydrogen (secondary N) is 1. The molecule has 3 rings (SSSR count). The van der Waals surface area contributed by atoms with E-state index in [1.807, 2.05) is 6.92 Å². The van der Waals surface area contributed by atoms with Crippen molar-refractivity contribution in [3.63, 3.8) is 0 Å². The third-order valence-electron chi connectivity index (χ3n) is 3.72. The minimum atomic E-state index is -0.424. The van der Waals surface area contributed by atoms with Gasteiger partial charge < -0.3 is 9.84 Å². The molecule has 1 saturated heterocycles. The van der Waals surface area contributed by atoms with Gasteiger partial charge in [-0.15, -0.1) is 0 Å². The fourth-order valence-corrected chi connectivity index (χ4v) is 2.51. The van der Waals surface area contributed by atoms with Crippen LogP contribution in [-0.2, 0) is 0 Å². The average molecular weight is 288 g/mol. The molecule has 110 valence electrons. The molecule has 1 aromatic heterocycles. The highest BCUT2D eigenvalue weighted by Crippen LogP contribution is 2.28. The summed E-state index contributed by atoms with van der Waals surface area (Å²) in [5, 5.41) is 18.2. The summed E-state index contributed by atoms with van der Waals surface area (Å²) in [6.45, 7) is 2.81. The smallest absolute Gasteiger partial charge is 0.270 e. The van der Waals surface area contributed by atoms with E-state index >= 15 is 0 Å². The number of nitro benzene ring substituents is 1. The maximum atomic E-state index is 10.9. The van der Waals surface area contributed by atoms with Gasteiger partial charge in [0.15, 0.2) is 0 Å². The molecule has 1 fully saturated rings. The van der Waals surface area contributed by atoms with Crippen molar-refractivity contribution >= 4 is 5.69 Å². The molecule has 21 heavy (non-hydrogen) atoms. The molecule has 0 amide bonds. The van der Waals surface area contributed by atoms with E-state index in [0.29, 0.717) is 17.3 Å². The molecule has 0 saturated carbocycles. The van der Waals surface area contributed by atoms with Gasteiger partial charge in [0, 0.05) is 17.7 Å². The molecule has 1 aliphatic heterocycles. The van der Waals surface area contributed by atoms with E-state index < -0.39 is 4.92 Å². The lowest BCUT2D eigenvalue weighted by Crippen LogP contribution is -2.26. The second-order valence-corrected chi connectivity index (χ2v) is 5.22. The van der Waals surface area contributed by atoms with Gasteiger partial charge in [0.05, 0.1) is 11.0 Å². The molecule has 2 heterocycles. The van der Waals surface area contributed by atoms with Crippen LogP contribution in [-0.4, -0.2) is 21.6 Å². The van der Waals surface area contributed by atoms with E-state index in [9.17, 15) is 10.1 Å². The predicted molar refractivity (Wildman–Crippen MR) is 75.7 cm³/mol. The molecule has 0 aliphatic carbocycles. The zero-order valence-electron chi connectivity index (χ0n) is 11.7. The molecule has 1 aliphatic rings. The molecular weight excluding hydrogens is 272 g/mol. The molecule has 1 atom stereocenters. The molecule has 2 aromatic rings. The highest BCUT2D eigenvalue weighted by molar-refractivity contribution is 5.63. The van der Waals surface area contributed by atoms with Gasteiger partial charge in [-0.05, 0) is 31.9 Å². The van der Waals surface area contributed by atoms with Crippen LogP contribution in [0.5, 0.6) is 0 Å². The van der Waals surface area contributed by atoms with Crippen molar-refractivity contribution in [3.8, 4) is 11.4 Å². The normalized spacial score (nSPS) is 18.6. The van der Waals surface area contributed by atoms with E-state index in [0.717, 1.165) is 31.4 Å². The number of hydrogen-bond acceptors (Lipinski definition) is 6. The minimum Gasteiger partial charge on any atom is -0.337 e. The highest BCUT2D eigenvalue weighted by atomic mass is 16.6. The van der Waals surface area contributed by atoms with Gasteiger partial charge in [-0.2, -0.15) is 4.98 Å². The van der Waals surface area contributed by atoms with Gasteiger partial charge in [0.2, 0.25) is 11.7 Å². The van der Waals surface area contributed by atoms with Crippen LogP contribution in [0.4, 0.5) is 5.69 Å². The van der Waals surface area contributed by atoms with Crippen LogP contribution in [0.3, 0.4) is 0 Å². The van der Waals surface area contributed by atoms with Crippen LogP contribution in [0.25, 0.3) is 11.4 Å². The number of nitrogens with zero attached hydrogens (tertiary/aromatic N) is 3. The summed E-state index contributed by atoms with van der Waals surface area (Å²) in [5.74, 6) is 0.953. The van der Waals surface area contributed by atoms with Crippen molar-refractivity contribution in [1.82, 2.24) is 15.5 Å². The molecule has 0 spiro atoms. The fourth-order valence-electron chi connectivity index (χ4n) is 2.51. The summed E-state index contributed by atoms with van der Waals surface area (Å²) in [6, 6.07) is 4.74. The van der Waals surface area contributed by atoms with Crippen LogP contribution in [0.15, 0.2) is 22.7 Å². The number of aromatic nitrogens is 2. The Morgan fingerprint density at radius 2 is 2.29 bits per heavy atom. The Labute approximate surface area is 121 Å². The van der Waals surface area contributed by atoms with Crippen molar-refractivity contribution in [2.24, 2.45) is 0 Å². The van der Waals surface area contributed by atoms with E-state index in [1.54, 1.807) is 6.07 Å². The number of hydrogen-bond donors (Lipinski definition) is 1. The van der Waals surface area contributed by atoms with Gasteiger partial charge in [-0.1, -0.05) is 17.6 Å². The summed E-state index contributed by atoms with van der Waals surface area (Å²) in [7, 11) is 0. The van der Waals surface area contributed by atoms with Crippen LogP contribution >= 0.6 is 0 Å². The first kappa shape index (κ1) is 13.7. The fraction of sp³-hybridized carbons (Fsp3) is 0.429. The van der Waals surface area contributed by atoms with Crippen molar-refractivity contribution in [2.45, 2.75) is 32.2 Å². The Kier molecular flexibility index (Phi) is 3.66. The summed E-state index contributed by atoms with van der Waals surface area (Å²) in [4.78, 5) is 14.9. The number of aryl methyl sites for hydroxylation is 1. The molecule has 0 unspecified atom stereocenters. The first-order valence-electron chi connectivity index (χ1n) is 6.97. The quantitative estimate of drug-likeness (QED) is 0.689. The summed E-state index contributed by atoms with van der Waals surface area (Å²) < 4.78 is 5.32. The van der Waals surface area contributed by atoms with Gasteiger partial charge in [0.1, 0.15) is 0 Å². The first-order chi connectivity index (χ1) is 10.1. The van der Waals surface area contributed by atoms with Gasteiger partial charge in [-0.3, -0.25) is 10.1 Å². The standard InChI is InChI=1S/C14H16N4O3/c1-9-5-6-10(18(19)20)8-11(9)13-16-14(21-17-13)12-4-2-3-7-15-12/h5-6,8,12,15H,2-4,7H2,1H3/t12-/m1/s1. The number of non-ortho nitro benzene ring substituents is 1. The Morgan fingerprint density at radius 3 is 3.00 bits per heavy atom. The summed E-state index contributed by atoms with van der Waals surface area (Å²) in [5.41, 5.74) is 1.54. The van der Waals surface area contributed by atoms with Gasteiger partial charge in [-0.25, -0.2) is 0 Å². The van der Waals surface area contributed by atoms with Crippen molar-refractivity contribution in [2.75, 3.05) is 6.54 Å². The second-order valence-electron chi connectivity index (χ2n) is 5.22. The van der Waals surface area contributed by atoms with E-state index in [4.69, 9.17) is 4.52 Å².